The van der Waals surface area contributed by atoms with Crippen LogP contribution in [0, 0.1) is 0 Å². The molecule has 0 saturated carbocycles. The van der Waals surface area contributed by atoms with Gasteiger partial charge >= 0.3 is 5.97 Å². The lowest BCUT2D eigenvalue weighted by Gasteiger charge is -2.32. The Hall–Kier alpha value is -2.12. The summed E-state index contributed by atoms with van der Waals surface area (Å²) in [6.45, 7) is 0.377. The van der Waals surface area contributed by atoms with Crippen LogP contribution in [0.25, 0.3) is 0 Å². The van der Waals surface area contributed by atoms with Gasteiger partial charge in [-0.15, -0.1) is 0 Å². The topological polar surface area (TPSA) is 123 Å². The van der Waals surface area contributed by atoms with Crippen LogP contribution in [0.5, 0.6) is 0 Å². The number of nitrogen functional groups attached to an aromatic ring is 1. The largest absolute Gasteiger partial charge is 0.480 e. The van der Waals surface area contributed by atoms with Gasteiger partial charge in [-0.2, -0.15) is 0 Å². The van der Waals surface area contributed by atoms with Crippen LogP contribution in [0.2, 0.25) is 0 Å². The first-order valence-electron chi connectivity index (χ1n) is 5.23. The predicted octanol–water partition coefficient (Wildman–Crippen LogP) is -0.269. The first kappa shape index (κ1) is 11.4. The quantitative estimate of drug-likeness (QED) is 0.729. The maximum absolute atomic E-state index is 12.0. The van der Waals surface area contributed by atoms with Crippen LogP contribution in [-0.2, 0) is 4.79 Å². The number of rotatable bonds is 2. The number of aliphatic carboxylic acids is 1. The van der Waals surface area contributed by atoms with Crippen molar-refractivity contribution in [1.29, 1.82) is 0 Å². The third-order valence-electron chi connectivity index (χ3n) is 2.77. The minimum atomic E-state index is -1.02. The van der Waals surface area contributed by atoms with Gasteiger partial charge in [0.2, 0.25) is 11.5 Å². The molecule has 3 N–H and O–H groups in total. The number of hydrogen-bond donors (Lipinski definition) is 2. The molecule has 2 rings (SSSR count). The second kappa shape index (κ2) is 4.40. The Labute approximate surface area is 96.3 Å². The molecule has 17 heavy (non-hydrogen) atoms. The number of carbonyl (C=O) groups excluding carboxylic acids is 1. The lowest BCUT2D eigenvalue weighted by Crippen LogP contribution is -2.48. The highest BCUT2D eigenvalue weighted by Crippen LogP contribution is 2.20. The van der Waals surface area contributed by atoms with Crippen molar-refractivity contribution in [3.05, 3.63) is 5.69 Å². The summed E-state index contributed by atoms with van der Waals surface area (Å²) in [5.41, 5.74) is 5.28. The van der Waals surface area contributed by atoms with Gasteiger partial charge < -0.3 is 15.7 Å². The van der Waals surface area contributed by atoms with Crippen LogP contribution >= 0.6 is 0 Å². The SMILES string of the molecule is Nc1nonc1C(=O)N1CCCC[C@@H]1C(=O)O. The van der Waals surface area contributed by atoms with Crippen molar-refractivity contribution in [2.24, 2.45) is 0 Å². The molecule has 2 heterocycles. The summed E-state index contributed by atoms with van der Waals surface area (Å²) in [5.74, 6) is -1.69. The van der Waals surface area contributed by atoms with E-state index < -0.39 is 17.9 Å². The molecule has 0 aliphatic carbocycles. The van der Waals surface area contributed by atoms with Crippen LogP contribution < -0.4 is 5.73 Å². The van der Waals surface area contributed by atoms with Gasteiger partial charge in [0.25, 0.3) is 5.91 Å². The normalized spacial score (nSPS) is 20.2. The minimum Gasteiger partial charge on any atom is -0.480 e. The number of piperidine rings is 1. The molecule has 1 aliphatic heterocycles. The van der Waals surface area contributed by atoms with Gasteiger partial charge in [0.05, 0.1) is 0 Å². The number of nitrogens with two attached hydrogens (primary N) is 1. The highest BCUT2D eigenvalue weighted by molar-refractivity contribution is 5.98. The zero-order valence-electron chi connectivity index (χ0n) is 9.00. The van der Waals surface area contributed by atoms with E-state index in [1.807, 2.05) is 0 Å². The predicted molar refractivity (Wildman–Crippen MR) is 55.0 cm³/mol. The molecule has 1 aromatic heterocycles. The third-order valence-corrected chi connectivity index (χ3v) is 2.77. The van der Waals surface area contributed by atoms with E-state index in [-0.39, 0.29) is 11.5 Å². The van der Waals surface area contributed by atoms with E-state index in [4.69, 9.17) is 10.8 Å². The number of amides is 1. The molecule has 1 amide bonds. The fourth-order valence-electron chi connectivity index (χ4n) is 1.91. The number of carboxylic acid groups (broad SMARTS) is 1. The molecule has 1 aromatic rings. The van der Waals surface area contributed by atoms with Gasteiger partial charge in [-0.05, 0) is 29.6 Å². The van der Waals surface area contributed by atoms with Crippen molar-refractivity contribution in [1.82, 2.24) is 15.2 Å². The summed E-state index contributed by atoms with van der Waals surface area (Å²) in [6.07, 6.45) is 1.99. The molecule has 0 bridgehead atoms. The summed E-state index contributed by atoms with van der Waals surface area (Å²) in [7, 11) is 0. The third kappa shape index (κ3) is 2.05. The fraction of sp³-hybridized carbons (Fsp3) is 0.556. The van der Waals surface area contributed by atoms with Crippen LogP contribution in [0.1, 0.15) is 29.8 Å². The monoisotopic (exact) mass is 240 g/mol. The second-order valence-electron chi connectivity index (χ2n) is 3.85. The number of nitrogens with zero attached hydrogens (tertiary/aromatic N) is 3. The maximum Gasteiger partial charge on any atom is 0.326 e. The van der Waals surface area contributed by atoms with Crippen molar-refractivity contribution in [2.75, 3.05) is 12.3 Å². The molecule has 0 spiro atoms. The number of hydrogen-bond acceptors (Lipinski definition) is 6. The molecule has 92 valence electrons. The van der Waals surface area contributed by atoms with Gasteiger partial charge in [-0.3, -0.25) is 4.79 Å². The Morgan fingerprint density at radius 1 is 1.41 bits per heavy atom. The molecule has 8 nitrogen and oxygen atoms in total. The smallest absolute Gasteiger partial charge is 0.326 e. The molecular weight excluding hydrogens is 228 g/mol. The Kier molecular flexibility index (Phi) is 2.94. The molecule has 1 saturated heterocycles. The number of carbonyl (C=O) groups is 2. The van der Waals surface area contributed by atoms with Gasteiger partial charge in [-0.25, -0.2) is 9.42 Å². The first-order valence-corrected chi connectivity index (χ1v) is 5.23. The van der Waals surface area contributed by atoms with E-state index >= 15 is 0 Å². The molecule has 1 atom stereocenters. The Balaban J connectivity index is 2.23. The Bertz CT molecular complexity index is 444. The van der Waals surface area contributed by atoms with Gasteiger partial charge in [-0.1, -0.05) is 0 Å². The number of anilines is 1. The minimum absolute atomic E-state index is 0.121. The van der Waals surface area contributed by atoms with E-state index in [0.29, 0.717) is 13.0 Å². The van der Waals surface area contributed by atoms with E-state index in [0.717, 1.165) is 12.8 Å². The van der Waals surface area contributed by atoms with Crippen LogP contribution in [0.15, 0.2) is 4.63 Å². The molecule has 1 fully saturated rings. The summed E-state index contributed by atoms with van der Waals surface area (Å²) in [4.78, 5) is 24.3. The van der Waals surface area contributed by atoms with E-state index in [9.17, 15) is 9.59 Å². The van der Waals surface area contributed by atoms with Crippen molar-refractivity contribution >= 4 is 17.7 Å². The van der Waals surface area contributed by atoms with Crippen LogP contribution in [0.4, 0.5) is 5.82 Å². The first-order chi connectivity index (χ1) is 8.11. The lowest BCUT2D eigenvalue weighted by molar-refractivity contribution is -0.143. The molecule has 1 aliphatic rings. The highest BCUT2D eigenvalue weighted by Gasteiger charge is 2.34. The zero-order chi connectivity index (χ0) is 12.4. The van der Waals surface area contributed by atoms with Crippen molar-refractivity contribution < 1.29 is 19.3 Å². The van der Waals surface area contributed by atoms with Gasteiger partial charge in [0.1, 0.15) is 6.04 Å². The molecule has 0 aromatic carbocycles. The van der Waals surface area contributed by atoms with Crippen molar-refractivity contribution in [3.63, 3.8) is 0 Å². The van der Waals surface area contributed by atoms with E-state index in [1.54, 1.807) is 0 Å². The second-order valence-corrected chi connectivity index (χ2v) is 3.85. The fourth-order valence-corrected chi connectivity index (χ4v) is 1.91. The number of carboxylic acids is 1. The van der Waals surface area contributed by atoms with Crippen LogP contribution in [-0.4, -0.2) is 44.8 Å². The van der Waals surface area contributed by atoms with E-state index in [1.165, 1.54) is 4.90 Å². The van der Waals surface area contributed by atoms with E-state index in [2.05, 4.69) is 14.9 Å². The molecule has 8 heteroatoms. The standard InChI is InChI=1S/C9H12N4O4/c10-7-6(11-17-12-7)8(14)13-4-2-1-3-5(13)9(15)16/h5H,1-4H2,(H2,10,12)(H,15,16)/t5-/m1/s1. The lowest BCUT2D eigenvalue weighted by atomic mass is 10.0. The summed E-state index contributed by atoms with van der Waals surface area (Å²) in [6, 6.07) is -0.827. The average Bonchev–Trinajstić information content (AvgIpc) is 2.74. The van der Waals surface area contributed by atoms with Crippen molar-refractivity contribution in [3.8, 4) is 0 Å². The molecular formula is C9H12N4O4. The Morgan fingerprint density at radius 2 is 2.18 bits per heavy atom. The van der Waals surface area contributed by atoms with Crippen LogP contribution in [0.3, 0.4) is 0 Å². The summed E-state index contributed by atoms with van der Waals surface area (Å²) >= 11 is 0. The maximum atomic E-state index is 12.0. The molecule has 0 radical (unpaired) electrons. The number of aromatic nitrogens is 2. The number of likely N-dealkylation sites (tertiary alicyclic amines) is 1. The highest BCUT2D eigenvalue weighted by atomic mass is 16.6. The summed E-state index contributed by atoms with van der Waals surface area (Å²) < 4.78 is 4.33. The zero-order valence-corrected chi connectivity index (χ0v) is 9.00. The Morgan fingerprint density at radius 3 is 2.76 bits per heavy atom. The van der Waals surface area contributed by atoms with Gasteiger partial charge in [0.15, 0.2) is 0 Å². The average molecular weight is 240 g/mol. The van der Waals surface area contributed by atoms with Gasteiger partial charge in [0, 0.05) is 6.54 Å². The van der Waals surface area contributed by atoms with Crippen molar-refractivity contribution in [2.45, 2.75) is 25.3 Å². The summed E-state index contributed by atoms with van der Waals surface area (Å²) in [5, 5.41) is 15.7. The molecule has 0 unspecified atom stereocenters.